The number of aryl methyl sites for hydroxylation is 1. The first-order chi connectivity index (χ1) is 12.5. The minimum absolute atomic E-state index is 0.0863. The molecule has 3 aromatic heterocycles. The van der Waals surface area contributed by atoms with E-state index in [0.717, 1.165) is 4.68 Å². The molecule has 1 aromatic carbocycles. The molecule has 26 heavy (non-hydrogen) atoms. The normalized spacial score (nSPS) is 11.2. The number of amides is 1. The lowest BCUT2D eigenvalue weighted by molar-refractivity contribution is 0.0958. The molecule has 0 aliphatic carbocycles. The van der Waals surface area contributed by atoms with Gasteiger partial charge in [-0.25, -0.2) is 4.39 Å². The molecule has 1 amide bonds. The third kappa shape index (κ3) is 2.19. The van der Waals surface area contributed by atoms with E-state index < -0.39 is 17.3 Å². The Kier molecular flexibility index (Phi) is 3.54. The molecular formula is C18H14FN5O2. The molecule has 0 saturated heterocycles. The molecule has 1 N–H and O–H groups in total. The van der Waals surface area contributed by atoms with Crippen LogP contribution in [0.2, 0.25) is 0 Å². The van der Waals surface area contributed by atoms with Crippen LogP contribution in [0.25, 0.3) is 27.5 Å². The maximum absolute atomic E-state index is 13.7. The van der Waals surface area contributed by atoms with E-state index in [1.165, 1.54) is 25.4 Å². The van der Waals surface area contributed by atoms with Gasteiger partial charge in [0.25, 0.3) is 11.5 Å². The number of halogens is 1. The zero-order chi connectivity index (χ0) is 18.4. The van der Waals surface area contributed by atoms with Crippen LogP contribution in [0.5, 0.6) is 0 Å². The molecule has 130 valence electrons. The van der Waals surface area contributed by atoms with Crippen LogP contribution in [0.4, 0.5) is 4.39 Å². The molecule has 7 nitrogen and oxygen atoms in total. The second kappa shape index (κ2) is 5.76. The van der Waals surface area contributed by atoms with E-state index in [1.807, 2.05) is 0 Å². The standard InChI is InChI=1S/C18H14FN5O2/c1-20-17(25)15-14-12-6-5-10(19)8-13(12)23(2)16(14)18(26)24(22-15)11-4-3-7-21-9-11/h3-9H,1-2H3,(H,20,25). The molecule has 0 aliphatic heterocycles. The number of rotatable bonds is 2. The number of aromatic nitrogens is 4. The Hall–Kier alpha value is -3.55. The summed E-state index contributed by atoms with van der Waals surface area (Å²) >= 11 is 0. The summed E-state index contributed by atoms with van der Waals surface area (Å²) in [5.74, 6) is -0.866. The Morgan fingerprint density at radius 1 is 1.27 bits per heavy atom. The van der Waals surface area contributed by atoms with E-state index in [9.17, 15) is 14.0 Å². The number of benzene rings is 1. The van der Waals surface area contributed by atoms with E-state index in [4.69, 9.17) is 0 Å². The summed E-state index contributed by atoms with van der Waals surface area (Å²) in [6.45, 7) is 0. The first-order valence-corrected chi connectivity index (χ1v) is 7.86. The molecule has 0 spiro atoms. The van der Waals surface area contributed by atoms with Crippen molar-refractivity contribution in [1.82, 2.24) is 24.6 Å². The summed E-state index contributed by atoms with van der Waals surface area (Å²) in [5, 5.41) is 7.80. The van der Waals surface area contributed by atoms with Gasteiger partial charge in [-0.15, -0.1) is 0 Å². The first kappa shape index (κ1) is 15.9. The number of hydrogen-bond acceptors (Lipinski definition) is 4. The van der Waals surface area contributed by atoms with Crippen molar-refractivity contribution in [3.05, 3.63) is 64.6 Å². The Labute approximate surface area is 146 Å². The Morgan fingerprint density at radius 3 is 2.77 bits per heavy atom. The molecule has 0 atom stereocenters. The Bertz CT molecular complexity index is 1230. The zero-order valence-electron chi connectivity index (χ0n) is 14.0. The highest BCUT2D eigenvalue weighted by molar-refractivity contribution is 6.16. The Morgan fingerprint density at radius 2 is 2.08 bits per heavy atom. The fourth-order valence-electron chi connectivity index (χ4n) is 3.13. The molecule has 0 unspecified atom stereocenters. The van der Waals surface area contributed by atoms with Crippen molar-refractivity contribution in [1.29, 1.82) is 0 Å². The predicted octanol–water partition coefficient (Wildman–Crippen LogP) is 1.77. The van der Waals surface area contributed by atoms with Gasteiger partial charge in [-0.3, -0.25) is 14.6 Å². The lowest BCUT2D eigenvalue weighted by atomic mass is 10.1. The highest BCUT2D eigenvalue weighted by atomic mass is 19.1. The lowest BCUT2D eigenvalue weighted by Crippen LogP contribution is -2.28. The van der Waals surface area contributed by atoms with Crippen molar-refractivity contribution in [2.24, 2.45) is 7.05 Å². The van der Waals surface area contributed by atoms with Crippen LogP contribution < -0.4 is 10.9 Å². The molecule has 4 rings (SSSR count). The summed E-state index contributed by atoms with van der Waals surface area (Å²) in [6, 6.07) is 7.51. The van der Waals surface area contributed by atoms with Crippen LogP contribution in [0.15, 0.2) is 47.5 Å². The molecule has 8 heteroatoms. The van der Waals surface area contributed by atoms with Gasteiger partial charge in [0.2, 0.25) is 0 Å². The van der Waals surface area contributed by atoms with Gasteiger partial charge >= 0.3 is 0 Å². The molecule has 3 heterocycles. The van der Waals surface area contributed by atoms with Gasteiger partial charge in [0.05, 0.1) is 17.4 Å². The SMILES string of the molecule is CNC(=O)c1nn(-c2cccnc2)c(=O)c2c1c1ccc(F)cc1n2C. The molecule has 0 radical (unpaired) electrons. The summed E-state index contributed by atoms with van der Waals surface area (Å²) in [6.07, 6.45) is 3.06. The predicted molar refractivity (Wildman–Crippen MR) is 95.0 cm³/mol. The monoisotopic (exact) mass is 351 g/mol. The van der Waals surface area contributed by atoms with Gasteiger partial charge in [0.15, 0.2) is 5.69 Å². The minimum Gasteiger partial charge on any atom is -0.354 e. The third-order valence-electron chi connectivity index (χ3n) is 4.33. The van der Waals surface area contributed by atoms with Gasteiger partial charge in [-0.2, -0.15) is 9.78 Å². The number of carbonyl (C=O) groups is 1. The van der Waals surface area contributed by atoms with Crippen LogP contribution in [0.1, 0.15) is 10.5 Å². The largest absolute Gasteiger partial charge is 0.354 e. The topological polar surface area (TPSA) is 81.8 Å². The van der Waals surface area contributed by atoms with Crippen molar-refractivity contribution >= 4 is 27.7 Å². The van der Waals surface area contributed by atoms with Crippen LogP contribution in [0.3, 0.4) is 0 Å². The van der Waals surface area contributed by atoms with Crippen LogP contribution in [0, 0.1) is 5.82 Å². The number of fused-ring (bicyclic) bond motifs is 3. The second-order valence-corrected chi connectivity index (χ2v) is 5.80. The van der Waals surface area contributed by atoms with Crippen LogP contribution >= 0.6 is 0 Å². The van der Waals surface area contributed by atoms with E-state index in [-0.39, 0.29) is 11.2 Å². The highest BCUT2D eigenvalue weighted by Gasteiger charge is 2.23. The maximum atomic E-state index is 13.7. The summed E-state index contributed by atoms with van der Waals surface area (Å²) in [4.78, 5) is 29.5. The van der Waals surface area contributed by atoms with Crippen molar-refractivity contribution in [2.45, 2.75) is 0 Å². The summed E-state index contributed by atoms with van der Waals surface area (Å²) in [5.41, 5.74) is 0.875. The van der Waals surface area contributed by atoms with Crippen molar-refractivity contribution in [3.63, 3.8) is 0 Å². The minimum atomic E-state index is -0.440. The summed E-state index contributed by atoms with van der Waals surface area (Å²) < 4.78 is 16.4. The molecule has 0 aliphatic rings. The lowest BCUT2D eigenvalue weighted by Gasteiger charge is -2.09. The number of nitrogens with one attached hydrogen (secondary N) is 1. The number of nitrogens with zero attached hydrogens (tertiary/aromatic N) is 4. The smallest absolute Gasteiger partial charge is 0.296 e. The van der Waals surface area contributed by atoms with E-state index in [0.29, 0.717) is 22.0 Å². The Balaban J connectivity index is 2.24. The van der Waals surface area contributed by atoms with E-state index in [2.05, 4.69) is 15.4 Å². The van der Waals surface area contributed by atoms with Gasteiger partial charge < -0.3 is 9.88 Å². The quantitative estimate of drug-likeness (QED) is 0.597. The van der Waals surface area contributed by atoms with Crippen LogP contribution in [-0.4, -0.2) is 32.3 Å². The molecule has 0 fully saturated rings. The molecular weight excluding hydrogens is 337 g/mol. The third-order valence-corrected chi connectivity index (χ3v) is 4.33. The second-order valence-electron chi connectivity index (χ2n) is 5.80. The van der Waals surface area contributed by atoms with Gasteiger partial charge in [0, 0.05) is 31.1 Å². The zero-order valence-corrected chi connectivity index (χ0v) is 14.0. The maximum Gasteiger partial charge on any atom is 0.296 e. The van der Waals surface area contributed by atoms with Gasteiger partial charge in [0.1, 0.15) is 11.3 Å². The van der Waals surface area contributed by atoms with Crippen molar-refractivity contribution < 1.29 is 9.18 Å². The molecule has 0 saturated carbocycles. The van der Waals surface area contributed by atoms with Crippen molar-refractivity contribution in [2.75, 3.05) is 7.05 Å². The average molecular weight is 351 g/mol. The fourth-order valence-corrected chi connectivity index (χ4v) is 3.13. The van der Waals surface area contributed by atoms with Gasteiger partial charge in [-0.1, -0.05) is 0 Å². The number of carbonyl (C=O) groups excluding carboxylic acids is 1. The number of hydrogen-bond donors (Lipinski definition) is 1. The van der Waals surface area contributed by atoms with E-state index >= 15 is 0 Å². The van der Waals surface area contributed by atoms with E-state index in [1.54, 1.807) is 36.0 Å². The molecule has 4 aromatic rings. The fraction of sp³-hybridized carbons (Fsp3) is 0.111. The highest BCUT2D eigenvalue weighted by Crippen LogP contribution is 2.29. The van der Waals surface area contributed by atoms with Gasteiger partial charge in [-0.05, 0) is 30.3 Å². The van der Waals surface area contributed by atoms with Crippen LogP contribution in [-0.2, 0) is 7.05 Å². The first-order valence-electron chi connectivity index (χ1n) is 7.86. The molecule has 0 bridgehead atoms. The summed E-state index contributed by atoms with van der Waals surface area (Å²) in [7, 11) is 3.15. The van der Waals surface area contributed by atoms with Crippen molar-refractivity contribution in [3.8, 4) is 5.69 Å². The average Bonchev–Trinajstić information content (AvgIpc) is 2.95. The number of pyridine rings is 1.